The normalized spacial score (nSPS) is 14.8. The van der Waals surface area contributed by atoms with Gasteiger partial charge in [0.05, 0.1) is 7.11 Å². The topological polar surface area (TPSA) is 66.8 Å². The van der Waals surface area contributed by atoms with E-state index in [4.69, 9.17) is 0 Å². The standard InChI is InChI=1S/C12H14O4/c1-16-12(15)8-4-5-10(13)9(11(8)14)6-7-2-3-7/h4-5,7,13-14H,2-3,6H2,1H3. The van der Waals surface area contributed by atoms with Crippen LogP contribution in [0.25, 0.3) is 0 Å². The lowest BCUT2D eigenvalue weighted by atomic mass is 10.0. The number of rotatable bonds is 3. The molecule has 1 aromatic carbocycles. The molecule has 4 nitrogen and oxygen atoms in total. The maximum absolute atomic E-state index is 11.3. The Bertz CT molecular complexity index is 421. The zero-order chi connectivity index (χ0) is 11.7. The first kappa shape index (κ1) is 10.8. The van der Waals surface area contributed by atoms with Crippen LogP contribution < -0.4 is 0 Å². The SMILES string of the molecule is COC(=O)c1ccc(O)c(CC2CC2)c1O. The fourth-order valence-electron chi connectivity index (χ4n) is 1.71. The van der Waals surface area contributed by atoms with Gasteiger partial charge in [-0.2, -0.15) is 0 Å². The Balaban J connectivity index is 2.37. The highest BCUT2D eigenvalue weighted by atomic mass is 16.5. The first-order valence-corrected chi connectivity index (χ1v) is 5.25. The van der Waals surface area contributed by atoms with Crippen molar-refractivity contribution in [3.8, 4) is 11.5 Å². The first-order chi connectivity index (χ1) is 7.63. The molecule has 2 N–H and O–H groups in total. The largest absolute Gasteiger partial charge is 0.508 e. The van der Waals surface area contributed by atoms with E-state index in [0.717, 1.165) is 12.8 Å². The predicted octanol–water partition coefficient (Wildman–Crippen LogP) is 1.84. The molecule has 0 saturated heterocycles. The second-order valence-corrected chi connectivity index (χ2v) is 4.10. The maximum Gasteiger partial charge on any atom is 0.341 e. The van der Waals surface area contributed by atoms with Crippen molar-refractivity contribution in [2.75, 3.05) is 7.11 Å². The van der Waals surface area contributed by atoms with Crippen LogP contribution in [0.15, 0.2) is 12.1 Å². The van der Waals surface area contributed by atoms with Gasteiger partial charge in [0.1, 0.15) is 17.1 Å². The van der Waals surface area contributed by atoms with Crippen LogP contribution in [-0.2, 0) is 11.2 Å². The van der Waals surface area contributed by atoms with Crippen LogP contribution in [0.4, 0.5) is 0 Å². The number of carbonyl (C=O) groups excluding carboxylic acids is 1. The van der Waals surface area contributed by atoms with Crippen molar-refractivity contribution >= 4 is 5.97 Å². The third-order valence-electron chi connectivity index (χ3n) is 2.85. The quantitative estimate of drug-likeness (QED) is 0.766. The number of esters is 1. The van der Waals surface area contributed by atoms with Crippen molar-refractivity contribution in [1.82, 2.24) is 0 Å². The molecule has 86 valence electrons. The summed E-state index contributed by atoms with van der Waals surface area (Å²) in [6, 6.07) is 2.79. The molecule has 1 fully saturated rings. The lowest BCUT2D eigenvalue weighted by Gasteiger charge is -2.09. The van der Waals surface area contributed by atoms with Gasteiger partial charge in [-0.25, -0.2) is 4.79 Å². The molecule has 16 heavy (non-hydrogen) atoms. The van der Waals surface area contributed by atoms with Crippen LogP contribution >= 0.6 is 0 Å². The number of hydrogen-bond donors (Lipinski definition) is 2. The van der Waals surface area contributed by atoms with Crippen LogP contribution in [0.5, 0.6) is 11.5 Å². The Morgan fingerprint density at radius 2 is 2.12 bits per heavy atom. The third kappa shape index (κ3) is 1.96. The average molecular weight is 222 g/mol. The molecule has 4 heteroatoms. The molecule has 0 radical (unpaired) electrons. The molecule has 1 aliphatic rings. The van der Waals surface area contributed by atoms with Gasteiger partial charge in [0.25, 0.3) is 0 Å². The molecule has 1 aromatic rings. The van der Waals surface area contributed by atoms with Crippen molar-refractivity contribution in [2.45, 2.75) is 19.3 Å². The molecular formula is C12H14O4. The number of hydrogen-bond acceptors (Lipinski definition) is 4. The van der Waals surface area contributed by atoms with E-state index in [0.29, 0.717) is 17.9 Å². The lowest BCUT2D eigenvalue weighted by Crippen LogP contribution is -2.03. The van der Waals surface area contributed by atoms with E-state index in [1.165, 1.54) is 19.2 Å². The van der Waals surface area contributed by atoms with Crippen LogP contribution in [0, 0.1) is 5.92 Å². The summed E-state index contributed by atoms with van der Waals surface area (Å²) in [5, 5.41) is 19.5. The Morgan fingerprint density at radius 1 is 1.44 bits per heavy atom. The zero-order valence-electron chi connectivity index (χ0n) is 9.06. The number of methoxy groups -OCH3 is 1. The summed E-state index contributed by atoms with van der Waals surface area (Å²) in [6.45, 7) is 0. The van der Waals surface area contributed by atoms with Crippen molar-refractivity contribution in [3.63, 3.8) is 0 Å². The smallest absolute Gasteiger partial charge is 0.341 e. The molecule has 2 rings (SSSR count). The van der Waals surface area contributed by atoms with Crippen LogP contribution in [0.1, 0.15) is 28.8 Å². The van der Waals surface area contributed by atoms with E-state index in [1.54, 1.807) is 0 Å². The summed E-state index contributed by atoms with van der Waals surface area (Å²) in [6.07, 6.45) is 2.84. The molecule has 0 aromatic heterocycles. The highest BCUT2D eigenvalue weighted by Gasteiger charge is 2.26. The molecule has 0 heterocycles. The second kappa shape index (κ2) is 4.04. The average Bonchev–Trinajstić information content (AvgIpc) is 3.07. The second-order valence-electron chi connectivity index (χ2n) is 4.10. The zero-order valence-corrected chi connectivity index (χ0v) is 9.06. The van der Waals surface area contributed by atoms with E-state index in [2.05, 4.69) is 4.74 Å². The molecular weight excluding hydrogens is 208 g/mol. The van der Waals surface area contributed by atoms with Gasteiger partial charge in [0.15, 0.2) is 0 Å². The molecule has 0 amide bonds. The molecule has 1 saturated carbocycles. The number of phenols is 2. The maximum atomic E-state index is 11.3. The fourth-order valence-corrected chi connectivity index (χ4v) is 1.71. The number of ether oxygens (including phenoxy) is 1. The Hall–Kier alpha value is -1.71. The Morgan fingerprint density at radius 3 is 2.69 bits per heavy atom. The van der Waals surface area contributed by atoms with Gasteiger partial charge in [0, 0.05) is 5.56 Å². The van der Waals surface area contributed by atoms with Gasteiger partial charge < -0.3 is 14.9 Å². The predicted molar refractivity (Wildman–Crippen MR) is 57.5 cm³/mol. The molecule has 0 bridgehead atoms. The summed E-state index contributed by atoms with van der Waals surface area (Å²) < 4.78 is 4.55. The number of aromatic hydroxyl groups is 2. The summed E-state index contributed by atoms with van der Waals surface area (Å²) in [4.78, 5) is 11.3. The van der Waals surface area contributed by atoms with E-state index in [-0.39, 0.29) is 17.1 Å². The van der Waals surface area contributed by atoms with Gasteiger partial charge in [-0.05, 0) is 37.3 Å². The third-order valence-corrected chi connectivity index (χ3v) is 2.85. The van der Waals surface area contributed by atoms with Crippen molar-refractivity contribution in [3.05, 3.63) is 23.3 Å². The summed E-state index contributed by atoms with van der Waals surface area (Å²) in [5.74, 6) is -0.185. The van der Waals surface area contributed by atoms with Crippen LogP contribution in [0.3, 0.4) is 0 Å². The highest BCUT2D eigenvalue weighted by molar-refractivity contribution is 5.93. The minimum atomic E-state index is -0.588. The highest BCUT2D eigenvalue weighted by Crippen LogP contribution is 2.39. The van der Waals surface area contributed by atoms with Crippen molar-refractivity contribution < 1.29 is 19.7 Å². The lowest BCUT2D eigenvalue weighted by molar-refractivity contribution is 0.0597. The Labute approximate surface area is 93.5 Å². The van der Waals surface area contributed by atoms with Gasteiger partial charge in [-0.15, -0.1) is 0 Å². The van der Waals surface area contributed by atoms with E-state index >= 15 is 0 Å². The van der Waals surface area contributed by atoms with E-state index in [9.17, 15) is 15.0 Å². The number of benzene rings is 1. The van der Waals surface area contributed by atoms with Gasteiger partial charge in [-0.3, -0.25) is 0 Å². The number of carbonyl (C=O) groups is 1. The summed E-state index contributed by atoms with van der Waals surface area (Å²) >= 11 is 0. The molecule has 0 spiro atoms. The monoisotopic (exact) mass is 222 g/mol. The van der Waals surface area contributed by atoms with Crippen LogP contribution in [-0.4, -0.2) is 23.3 Å². The summed E-state index contributed by atoms with van der Waals surface area (Å²) in [5.41, 5.74) is 0.557. The van der Waals surface area contributed by atoms with Gasteiger partial charge in [-0.1, -0.05) is 0 Å². The first-order valence-electron chi connectivity index (χ1n) is 5.25. The molecule has 0 aliphatic heterocycles. The minimum absolute atomic E-state index is 0.0389. The molecule has 1 aliphatic carbocycles. The van der Waals surface area contributed by atoms with Gasteiger partial charge in [0.2, 0.25) is 0 Å². The van der Waals surface area contributed by atoms with E-state index in [1.807, 2.05) is 0 Å². The van der Waals surface area contributed by atoms with Gasteiger partial charge >= 0.3 is 5.97 Å². The summed E-state index contributed by atoms with van der Waals surface area (Å²) in [7, 11) is 1.26. The molecule has 0 atom stereocenters. The fraction of sp³-hybridized carbons (Fsp3) is 0.417. The van der Waals surface area contributed by atoms with Crippen molar-refractivity contribution in [1.29, 1.82) is 0 Å². The van der Waals surface area contributed by atoms with Crippen LogP contribution in [0.2, 0.25) is 0 Å². The number of phenolic OH excluding ortho intramolecular Hbond substituents is 2. The van der Waals surface area contributed by atoms with Crippen molar-refractivity contribution in [2.24, 2.45) is 5.92 Å². The Kier molecular flexibility index (Phi) is 2.73. The minimum Gasteiger partial charge on any atom is -0.508 e. The van der Waals surface area contributed by atoms with E-state index < -0.39 is 5.97 Å². The molecule has 0 unspecified atom stereocenters.